The molecule has 0 aliphatic carbocycles. The molecular weight excluding hydrogens is 344 g/mol. The highest BCUT2D eigenvalue weighted by atomic mass is 19.4. The van der Waals surface area contributed by atoms with Crippen molar-refractivity contribution in [1.29, 1.82) is 0 Å². The molecule has 0 radical (unpaired) electrons. The number of hydrogen-bond donors (Lipinski definition) is 0. The number of halogens is 8. The number of benzene rings is 2. The third-order valence-corrected chi connectivity index (χ3v) is 3.37. The summed E-state index contributed by atoms with van der Waals surface area (Å²) in [6.45, 7) is 0. The Hall–Kier alpha value is -2.12. The third kappa shape index (κ3) is 4.24. The van der Waals surface area contributed by atoms with Crippen LogP contribution in [0, 0.1) is 11.6 Å². The fourth-order valence-corrected chi connectivity index (χ4v) is 2.18. The Kier molecular flexibility index (Phi) is 4.87. The zero-order valence-corrected chi connectivity index (χ0v) is 11.9. The maximum atomic E-state index is 13.2. The summed E-state index contributed by atoms with van der Waals surface area (Å²) in [6, 6.07) is 4.79. The Labute approximate surface area is 131 Å². The van der Waals surface area contributed by atoms with Crippen LogP contribution in [0.15, 0.2) is 36.4 Å². The second kappa shape index (κ2) is 6.41. The van der Waals surface area contributed by atoms with E-state index in [4.69, 9.17) is 0 Å². The van der Waals surface area contributed by atoms with E-state index in [0.717, 1.165) is 12.1 Å². The van der Waals surface area contributed by atoms with Crippen molar-refractivity contribution in [2.75, 3.05) is 0 Å². The summed E-state index contributed by atoms with van der Waals surface area (Å²) in [4.78, 5) is 0. The summed E-state index contributed by atoms with van der Waals surface area (Å²) in [5, 5.41) is 0. The third-order valence-electron chi connectivity index (χ3n) is 3.37. The molecule has 0 fully saturated rings. The number of hydrogen-bond acceptors (Lipinski definition) is 0. The highest BCUT2D eigenvalue weighted by Gasteiger charge is 2.35. The fraction of sp³-hybridized carbons (Fsp3) is 0.250. The first-order chi connectivity index (χ1) is 11.0. The maximum Gasteiger partial charge on any atom is 0.419 e. The molecule has 0 unspecified atom stereocenters. The Morgan fingerprint density at radius 1 is 0.583 bits per heavy atom. The van der Waals surface area contributed by atoms with Crippen molar-refractivity contribution in [3.8, 4) is 0 Å². The van der Waals surface area contributed by atoms with E-state index in [2.05, 4.69) is 0 Å². The first-order valence-electron chi connectivity index (χ1n) is 6.70. The van der Waals surface area contributed by atoms with Gasteiger partial charge in [0.2, 0.25) is 0 Å². The monoisotopic (exact) mass is 354 g/mol. The van der Waals surface area contributed by atoms with E-state index in [1.807, 2.05) is 0 Å². The normalized spacial score (nSPS) is 12.5. The van der Waals surface area contributed by atoms with Crippen LogP contribution >= 0.6 is 0 Å². The van der Waals surface area contributed by atoms with Crippen LogP contribution in [0.3, 0.4) is 0 Å². The highest BCUT2D eigenvalue weighted by molar-refractivity contribution is 5.30. The molecule has 130 valence electrons. The van der Waals surface area contributed by atoms with E-state index in [0.29, 0.717) is 24.3 Å². The number of aryl methyl sites for hydroxylation is 2. The number of rotatable bonds is 3. The minimum Gasteiger partial charge on any atom is -0.206 e. The molecule has 0 amide bonds. The average molecular weight is 354 g/mol. The van der Waals surface area contributed by atoms with Gasteiger partial charge >= 0.3 is 12.4 Å². The summed E-state index contributed by atoms with van der Waals surface area (Å²) in [7, 11) is 0. The van der Waals surface area contributed by atoms with Gasteiger partial charge in [-0.25, -0.2) is 8.78 Å². The van der Waals surface area contributed by atoms with Gasteiger partial charge < -0.3 is 0 Å². The Morgan fingerprint density at radius 3 is 1.21 bits per heavy atom. The standard InChI is InChI=1S/C16H10F8/c17-13-5-3-9(7-11(13)15(19,20)21)1-2-10-4-6-14(18)12(8-10)16(22,23)24/h3-8H,1-2H2. The van der Waals surface area contributed by atoms with Gasteiger partial charge in [0.05, 0.1) is 11.1 Å². The molecule has 2 aromatic carbocycles. The van der Waals surface area contributed by atoms with Gasteiger partial charge in [-0.05, 0) is 48.2 Å². The van der Waals surface area contributed by atoms with Crippen LogP contribution in [-0.4, -0.2) is 0 Å². The maximum absolute atomic E-state index is 13.2. The molecular formula is C16H10F8. The minimum atomic E-state index is -4.86. The molecule has 0 spiro atoms. The van der Waals surface area contributed by atoms with Crippen LogP contribution in [-0.2, 0) is 25.2 Å². The van der Waals surface area contributed by atoms with Crippen molar-refractivity contribution in [2.24, 2.45) is 0 Å². The van der Waals surface area contributed by atoms with Crippen LogP contribution in [0.2, 0.25) is 0 Å². The van der Waals surface area contributed by atoms with E-state index < -0.39 is 35.1 Å². The zero-order valence-electron chi connectivity index (χ0n) is 11.9. The molecule has 0 heterocycles. The molecule has 0 N–H and O–H groups in total. The van der Waals surface area contributed by atoms with Crippen molar-refractivity contribution in [3.05, 3.63) is 70.3 Å². The second-order valence-corrected chi connectivity index (χ2v) is 5.12. The van der Waals surface area contributed by atoms with Crippen LogP contribution < -0.4 is 0 Å². The van der Waals surface area contributed by atoms with Crippen molar-refractivity contribution >= 4 is 0 Å². The minimum absolute atomic E-state index is 0.0493. The lowest BCUT2D eigenvalue weighted by Crippen LogP contribution is -2.10. The summed E-state index contributed by atoms with van der Waals surface area (Å²) in [5.41, 5.74) is -2.65. The predicted molar refractivity (Wildman–Crippen MR) is 70.2 cm³/mol. The first kappa shape index (κ1) is 18.2. The van der Waals surface area contributed by atoms with Crippen molar-refractivity contribution in [2.45, 2.75) is 25.2 Å². The molecule has 2 aromatic rings. The second-order valence-electron chi connectivity index (χ2n) is 5.12. The first-order valence-corrected chi connectivity index (χ1v) is 6.70. The van der Waals surface area contributed by atoms with E-state index >= 15 is 0 Å². The molecule has 24 heavy (non-hydrogen) atoms. The van der Waals surface area contributed by atoms with Crippen LogP contribution in [0.1, 0.15) is 22.3 Å². The van der Waals surface area contributed by atoms with Crippen molar-refractivity contribution in [3.63, 3.8) is 0 Å². The summed E-state index contributed by atoms with van der Waals surface area (Å²) < 4.78 is 102. The average Bonchev–Trinajstić information content (AvgIpc) is 2.45. The molecule has 0 aliphatic heterocycles. The number of alkyl halides is 6. The predicted octanol–water partition coefficient (Wildman–Crippen LogP) is 5.79. The summed E-state index contributed by atoms with van der Waals surface area (Å²) in [6.07, 6.45) is -9.82. The highest BCUT2D eigenvalue weighted by Crippen LogP contribution is 2.33. The summed E-state index contributed by atoms with van der Waals surface area (Å²) >= 11 is 0. The Bertz CT molecular complexity index is 664. The molecule has 0 nitrogen and oxygen atoms in total. The molecule has 0 saturated heterocycles. The smallest absolute Gasteiger partial charge is 0.206 e. The molecule has 0 atom stereocenters. The zero-order chi connectivity index (χ0) is 18.1. The summed E-state index contributed by atoms with van der Waals surface area (Å²) in [5.74, 6) is -2.85. The van der Waals surface area contributed by atoms with Crippen LogP contribution in [0.5, 0.6) is 0 Å². The Morgan fingerprint density at radius 2 is 0.917 bits per heavy atom. The van der Waals surface area contributed by atoms with E-state index in [1.165, 1.54) is 0 Å². The SMILES string of the molecule is Fc1ccc(CCc2ccc(F)c(C(F)(F)F)c2)cc1C(F)(F)F. The topological polar surface area (TPSA) is 0 Å². The lowest BCUT2D eigenvalue weighted by molar-refractivity contribution is -0.140. The van der Waals surface area contributed by atoms with Gasteiger partial charge in [0.15, 0.2) is 0 Å². The largest absolute Gasteiger partial charge is 0.419 e. The van der Waals surface area contributed by atoms with Crippen molar-refractivity contribution < 1.29 is 35.1 Å². The molecule has 0 saturated carbocycles. The Balaban J connectivity index is 2.20. The van der Waals surface area contributed by atoms with Gasteiger partial charge in [-0.15, -0.1) is 0 Å². The molecule has 0 bridgehead atoms. The van der Waals surface area contributed by atoms with Gasteiger partial charge in [0, 0.05) is 0 Å². The van der Waals surface area contributed by atoms with Gasteiger partial charge in [-0.2, -0.15) is 26.3 Å². The van der Waals surface area contributed by atoms with Gasteiger partial charge in [0.25, 0.3) is 0 Å². The molecule has 8 heteroatoms. The lowest BCUT2D eigenvalue weighted by Gasteiger charge is -2.12. The van der Waals surface area contributed by atoms with Crippen molar-refractivity contribution in [1.82, 2.24) is 0 Å². The van der Waals surface area contributed by atoms with Gasteiger partial charge in [0.1, 0.15) is 11.6 Å². The van der Waals surface area contributed by atoms with Crippen LogP contribution in [0.25, 0.3) is 0 Å². The molecule has 0 aliphatic rings. The van der Waals surface area contributed by atoms with Gasteiger partial charge in [-0.1, -0.05) is 12.1 Å². The van der Waals surface area contributed by atoms with Gasteiger partial charge in [-0.3, -0.25) is 0 Å². The quantitative estimate of drug-likeness (QED) is 0.612. The van der Waals surface area contributed by atoms with E-state index in [9.17, 15) is 35.1 Å². The van der Waals surface area contributed by atoms with Crippen LogP contribution in [0.4, 0.5) is 35.1 Å². The molecule has 0 aromatic heterocycles. The lowest BCUT2D eigenvalue weighted by atomic mass is 10.0. The van der Waals surface area contributed by atoms with E-state index in [1.54, 1.807) is 0 Å². The van der Waals surface area contributed by atoms with E-state index in [-0.39, 0.29) is 24.0 Å². The fourth-order valence-electron chi connectivity index (χ4n) is 2.18. The molecule has 2 rings (SSSR count).